The number of halogens is 4. The van der Waals surface area contributed by atoms with Crippen molar-refractivity contribution >= 4 is 82.5 Å². The van der Waals surface area contributed by atoms with E-state index in [-0.39, 0.29) is 82.2 Å². The van der Waals surface area contributed by atoms with Crippen LogP contribution in [0.2, 0.25) is 5.02 Å². The zero-order valence-electron chi connectivity index (χ0n) is 61.2. The van der Waals surface area contributed by atoms with E-state index in [4.69, 9.17) is 11.6 Å². The first-order chi connectivity index (χ1) is 47.7. The quantitative estimate of drug-likeness (QED) is 0.224. The molecule has 3 N–H and O–H groups in total. The Hall–Kier alpha value is -7.06. The maximum absolute atomic E-state index is 15.7. The summed E-state index contributed by atoms with van der Waals surface area (Å²) >= 11 is 6.17. The molecule has 4 saturated heterocycles. The van der Waals surface area contributed by atoms with Crippen LogP contribution in [0.15, 0.2) is 18.2 Å². The van der Waals surface area contributed by atoms with Crippen LogP contribution in [0.4, 0.5) is 13.2 Å². The number of likely N-dealkylation sites (N-methyl/N-ethyl adjacent to an activating group) is 6. The highest BCUT2D eigenvalue weighted by atomic mass is 35.5. The minimum atomic E-state index is -4.76. The van der Waals surface area contributed by atoms with Gasteiger partial charge in [-0.1, -0.05) is 110 Å². The summed E-state index contributed by atoms with van der Waals surface area (Å²) < 4.78 is 41.7. The maximum atomic E-state index is 15.7. The first kappa shape index (κ1) is 79.6. The molecule has 12 amide bonds. The van der Waals surface area contributed by atoms with E-state index in [0.29, 0.717) is 70.0 Å². The van der Waals surface area contributed by atoms with E-state index >= 15 is 28.8 Å². The molecule has 8 rings (SSSR count). The number of alkyl halides is 3. The fraction of sp³-hybridized carbons (Fsp3) is 0.753. The Morgan fingerprint density at radius 2 is 1.27 bits per heavy atom. The molecule has 1 aromatic carbocycles. The van der Waals surface area contributed by atoms with Gasteiger partial charge in [0.2, 0.25) is 70.9 Å². The van der Waals surface area contributed by atoms with E-state index in [1.165, 1.54) is 89.6 Å². The highest BCUT2D eigenvalue weighted by molar-refractivity contribution is 6.31. The van der Waals surface area contributed by atoms with Crippen molar-refractivity contribution in [2.24, 2.45) is 23.7 Å². The number of benzene rings is 1. The molecule has 10 atom stereocenters. The van der Waals surface area contributed by atoms with Crippen LogP contribution in [0.3, 0.4) is 0 Å². The van der Waals surface area contributed by atoms with Crippen molar-refractivity contribution in [3.05, 3.63) is 34.3 Å². The molecule has 1 aromatic rings. The summed E-state index contributed by atoms with van der Waals surface area (Å²) in [7, 11) is 8.74. The number of rotatable bonds is 11. The van der Waals surface area contributed by atoms with Gasteiger partial charge in [-0.25, -0.2) is 0 Å². The molecule has 28 heteroatoms. The second-order valence-electron chi connectivity index (χ2n) is 30.4. The number of amides is 12. The molecule has 101 heavy (non-hydrogen) atoms. The van der Waals surface area contributed by atoms with Crippen molar-refractivity contribution in [2.45, 2.75) is 255 Å². The van der Waals surface area contributed by atoms with E-state index in [9.17, 15) is 41.9 Å². The summed E-state index contributed by atoms with van der Waals surface area (Å²) in [6.45, 7) is 9.24. The monoisotopic (exact) mass is 1440 g/mol. The summed E-state index contributed by atoms with van der Waals surface area (Å²) in [5.41, 5.74) is -2.32. The number of carbonyl (C=O) groups excluding carboxylic acids is 12. The van der Waals surface area contributed by atoms with E-state index in [0.717, 1.165) is 62.0 Å². The topological polar surface area (TPSA) is 270 Å². The van der Waals surface area contributed by atoms with Crippen LogP contribution in [0.5, 0.6) is 0 Å². The van der Waals surface area contributed by atoms with Gasteiger partial charge in [0.1, 0.15) is 59.9 Å². The van der Waals surface area contributed by atoms with E-state index in [1.807, 2.05) is 20.8 Å². The van der Waals surface area contributed by atoms with Crippen LogP contribution in [-0.4, -0.2) is 250 Å². The van der Waals surface area contributed by atoms with Crippen molar-refractivity contribution < 1.29 is 70.7 Å². The summed E-state index contributed by atoms with van der Waals surface area (Å²) in [6, 6.07) is -7.67. The predicted molar refractivity (Wildman–Crippen MR) is 371 cm³/mol. The lowest BCUT2D eigenvalue weighted by Crippen LogP contribution is -2.65. The number of fused-ring (bicyclic) bond motifs is 2. The minimum Gasteiger partial charge on any atom is -0.343 e. The van der Waals surface area contributed by atoms with Crippen molar-refractivity contribution in [1.29, 1.82) is 0 Å². The average molecular weight is 1440 g/mol. The van der Waals surface area contributed by atoms with Gasteiger partial charge in [-0.3, -0.25) is 57.5 Å². The number of hydrogen-bond donors (Lipinski definition) is 3. The number of carbonyl (C=O) groups is 12. The predicted octanol–water partition coefficient (Wildman–Crippen LogP) is 6.17. The fourth-order valence-corrected chi connectivity index (χ4v) is 16.7. The average Bonchev–Trinajstić information content (AvgIpc) is 1.76. The molecular formula is C73H110ClF3N12O12. The van der Waals surface area contributed by atoms with Crippen LogP contribution < -0.4 is 16.0 Å². The Morgan fingerprint density at radius 1 is 0.634 bits per heavy atom. The van der Waals surface area contributed by atoms with Crippen molar-refractivity contribution in [2.75, 3.05) is 75.0 Å². The van der Waals surface area contributed by atoms with Crippen molar-refractivity contribution in [3.8, 4) is 0 Å². The lowest BCUT2D eigenvalue weighted by atomic mass is 9.84. The molecule has 0 aromatic heterocycles. The first-order valence-electron chi connectivity index (χ1n) is 37.0. The molecule has 4 heterocycles. The third kappa shape index (κ3) is 18.5. The van der Waals surface area contributed by atoms with Gasteiger partial charge < -0.3 is 60.0 Å². The van der Waals surface area contributed by atoms with Crippen LogP contribution in [0.25, 0.3) is 0 Å². The summed E-state index contributed by atoms with van der Waals surface area (Å²) in [6.07, 6.45) is 5.68. The third-order valence-electron chi connectivity index (χ3n) is 23.1. The number of nitrogens with zero attached hydrogens (tertiary/aromatic N) is 9. The van der Waals surface area contributed by atoms with Crippen LogP contribution >= 0.6 is 11.6 Å². The Kier molecular flexibility index (Phi) is 27.2. The van der Waals surface area contributed by atoms with E-state index in [2.05, 4.69) is 16.0 Å². The van der Waals surface area contributed by atoms with Crippen molar-refractivity contribution in [1.82, 2.24) is 60.0 Å². The molecule has 7 aliphatic rings. The molecule has 0 bridgehead atoms. The summed E-state index contributed by atoms with van der Waals surface area (Å²) in [4.78, 5) is 193. The molecule has 7 fully saturated rings. The third-order valence-corrected chi connectivity index (χ3v) is 23.4. The van der Waals surface area contributed by atoms with Crippen molar-refractivity contribution in [3.63, 3.8) is 0 Å². The van der Waals surface area contributed by atoms with Gasteiger partial charge >= 0.3 is 6.18 Å². The minimum absolute atomic E-state index is 0.0249. The van der Waals surface area contributed by atoms with Crippen LogP contribution in [0.1, 0.15) is 193 Å². The first-order valence-corrected chi connectivity index (χ1v) is 37.3. The van der Waals surface area contributed by atoms with Gasteiger partial charge in [-0.05, 0) is 132 Å². The largest absolute Gasteiger partial charge is 0.417 e. The number of likely N-dealkylation sites (tertiary alicyclic amines) is 1. The smallest absolute Gasteiger partial charge is 0.343 e. The number of nitrogens with one attached hydrogen (secondary N) is 3. The summed E-state index contributed by atoms with van der Waals surface area (Å²) in [5, 5.41) is 8.24. The molecule has 24 nitrogen and oxygen atoms in total. The maximum Gasteiger partial charge on any atom is 0.417 e. The molecule has 3 saturated carbocycles. The van der Waals surface area contributed by atoms with Crippen LogP contribution in [-0.2, 0) is 70.1 Å². The van der Waals surface area contributed by atoms with Gasteiger partial charge in [0, 0.05) is 68.5 Å². The fourth-order valence-electron chi connectivity index (χ4n) is 16.4. The summed E-state index contributed by atoms with van der Waals surface area (Å²) in [5.74, 6) is -8.44. The van der Waals surface area contributed by atoms with E-state index in [1.54, 1.807) is 11.8 Å². The number of aryl methyl sites for hydroxylation is 1. The molecule has 3 aliphatic carbocycles. The van der Waals surface area contributed by atoms with Gasteiger partial charge in [-0.2, -0.15) is 13.2 Å². The Morgan fingerprint density at radius 3 is 1.86 bits per heavy atom. The molecule has 1 spiro atoms. The molecule has 4 aliphatic heterocycles. The van der Waals surface area contributed by atoms with Crippen LogP contribution in [0, 0.1) is 23.7 Å². The highest BCUT2D eigenvalue weighted by Crippen LogP contribution is 2.39. The highest BCUT2D eigenvalue weighted by Gasteiger charge is 2.52. The molecular weight excluding hydrogens is 1330 g/mol. The molecule has 562 valence electrons. The second-order valence-corrected chi connectivity index (χ2v) is 30.8. The van der Waals surface area contributed by atoms with Gasteiger partial charge in [0.25, 0.3) is 0 Å². The van der Waals surface area contributed by atoms with Gasteiger partial charge in [0.15, 0.2) is 0 Å². The Bertz CT molecular complexity index is 3210. The number of hydrogen-bond acceptors (Lipinski definition) is 12. The second kappa shape index (κ2) is 34.5. The SMILES string of the molecule is CC[C@H](C)[C@@H]1NC(=O)[C@H](CC(C)C)N(C)C(=O)C[C@@H](C(=O)N2CCCC2)N(C)C(=O)[C@H](C2CCCC2)N(C)C(=O)C2(CCCC2)NC(=O)[C@@H]2CCCN2C(=O)[C@H](CCc2ccc(C(F)(F)F)c(Cl)c2)NC(=O)CN(C)C(=O)[C@H](CC2CCCCC2)N(C)C(=O)[C@@H]2CCN2C(=O)[C@H](C)N(C)C1=O. The Labute approximate surface area is 598 Å². The standard InChI is InChI=1S/C73H110ClF3N12O12/c1-12-45(4)60-69(99)82(7)46(5)64(94)89-38-32-54(89)67(97)84(9)56(41-47-23-14-13-15-24-47)66(96)81(6)43-58(90)78-52(31-29-48-28-30-50(51(74)40-48)73(75,76)77)65(95)88-37-22-27-53(88)63(93)80-72(33-18-19-34-72)71(101)86(11)61(49-25-16-17-26-49)70(100)85(10)57(68(98)87-35-20-21-36-87)42-59(91)83(8)55(39-44(2)3)62(92)79-60/h28,30,40,44-47,49,52-57,60-61H,12-27,29,31-39,41-43H2,1-11H3,(H,78,90)(H,79,92)(H,80,93)/t45-,46-,52-,53-,54-,55-,56-,57-,60-,61-/m0/s1. The van der Waals surface area contributed by atoms with Gasteiger partial charge in [0.05, 0.1) is 23.6 Å². The zero-order chi connectivity index (χ0) is 74.1. The van der Waals surface area contributed by atoms with E-state index < -0.39 is 166 Å². The van der Waals surface area contributed by atoms with Gasteiger partial charge in [-0.15, -0.1) is 0 Å². The normalized spacial score (nSPS) is 28.5. The molecule has 0 unspecified atom stereocenters. The lowest BCUT2D eigenvalue weighted by Gasteiger charge is -2.45. The zero-order valence-corrected chi connectivity index (χ0v) is 61.9. The molecule has 0 radical (unpaired) electrons. The lowest BCUT2D eigenvalue weighted by molar-refractivity contribution is -0.160. The Balaban J connectivity index is 1.18.